The number of rotatable bonds is 6. The van der Waals surface area contributed by atoms with Crippen molar-refractivity contribution in [3.8, 4) is 0 Å². The minimum absolute atomic E-state index is 0.233. The second kappa shape index (κ2) is 8.69. The zero-order chi connectivity index (χ0) is 20.9. The number of amides is 1. The van der Waals surface area contributed by atoms with E-state index in [9.17, 15) is 27.6 Å². The highest BCUT2D eigenvalue weighted by atomic mass is 19.4. The van der Waals surface area contributed by atoms with Crippen molar-refractivity contribution in [1.82, 2.24) is 0 Å². The minimum Gasteiger partial charge on any atom is -0.452 e. The molecule has 1 amide bonds. The van der Waals surface area contributed by atoms with Crippen LogP contribution in [0.1, 0.15) is 35.3 Å². The van der Waals surface area contributed by atoms with Gasteiger partial charge < -0.3 is 10.1 Å². The van der Waals surface area contributed by atoms with Gasteiger partial charge in [-0.25, -0.2) is 0 Å². The fraction of sp³-hybridized carbons (Fsp3) is 0.250. The molecule has 0 aliphatic rings. The molecule has 2 rings (SSSR count). The molecule has 1 atom stereocenters. The van der Waals surface area contributed by atoms with Gasteiger partial charge in [-0.05, 0) is 43.7 Å². The van der Waals surface area contributed by atoms with Crippen LogP contribution >= 0.6 is 0 Å². The molecule has 8 heteroatoms. The summed E-state index contributed by atoms with van der Waals surface area (Å²) in [6.07, 6.45) is -5.89. The molecule has 148 valence electrons. The molecule has 0 saturated heterocycles. The zero-order valence-electron chi connectivity index (χ0n) is 15.2. The van der Waals surface area contributed by atoms with Gasteiger partial charge in [0.25, 0.3) is 5.91 Å². The Morgan fingerprint density at radius 3 is 2.21 bits per heavy atom. The van der Waals surface area contributed by atoms with Crippen LogP contribution in [0.4, 0.5) is 18.9 Å². The normalized spacial score (nSPS) is 12.2. The summed E-state index contributed by atoms with van der Waals surface area (Å²) in [5, 5.41) is 2.52. The number of hydrogen-bond acceptors (Lipinski definition) is 4. The third-order valence-electron chi connectivity index (χ3n) is 3.87. The Morgan fingerprint density at radius 1 is 1.04 bits per heavy atom. The van der Waals surface area contributed by atoms with Crippen LogP contribution in [0.15, 0.2) is 48.5 Å². The number of hydrogen-bond donors (Lipinski definition) is 1. The van der Waals surface area contributed by atoms with Crippen molar-refractivity contribution >= 4 is 23.3 Å². The quantitative estimate of drug-likeness (QED) is 0.594. The van der Waals surface area contributed by atoms with Crippen LogP contribution in [-0.2, 0) is 26.9 Å². The third kappa shape index (κ3) is 5.67. The zero-order valence-corrected chi connectivity index (χ0v) is 15.2. The van der Waals surface area contributed by atoms with E-state index in [1.165, 1.54) is 26.0 Å². The number of Topliss-reactive ketones (excluding diaryl/α,β-unsaturated/α-hetero) is 1. The molecular weight excluding hydrogens is 375 g/mol. The summed E-state index contributed by atoms with van der Waals surface area (Å²) < 4.78 is 42.7. The first-order valence-electron chi connectivity index (χ1n) is 8.34. The summed E-state index contributed by atoms with van der Waals surface area (Å²) in [6.45, 7) is 2.72. The molecule has 0 spiro atoms. The van der Waals surface area contributed by atoms with Crippen LogP contribution < -0.4 is 5.32 Å². The highest BCUT2D eigenvalue weighted by Gasteiger charge is 2.30. The molecule has 2 aromatic carbocycles. The molecule has 0 saturated carbocycles. The van der Waals surface area contributed by atoms with Crippen molar-refractivity contribution in [2.24, 2.45) is 0 Å². The highest BCUT2D eigenvalue weighted by molar-refractivity contribution is 6.04. The van der Waals surface area contributed by atoms with Gasteiger partial charge >= 0.3 is 12.1 Å². The summed E-state index contributed by atoms with van der Waals surface area (Å²) in [5.41, 5.74) is 0.124. The number of halogens is 3. The second-order valence-corrected chi connectivity index (χ2v) is 6.09. The Kier molecular flexibility index (Phi) is 6.56. The van der Waals surface area contributed by atoms with Crippen molar-refractivity contribution in [1.29, 1.82) is 0 Å². The van der Waals surface area contributed by atoms with Crippen LogP contribution in [0, 0.1) is 0 Å². The standard InChI is InChI=1S/C20H18F3NO4/c1-12(25)16-5-3-4-6-17(16)24-19(27)13(2)28-18(26)11-14-7-9-15(10-8-14)20(21,22)23/h3-10,13H,11H2,1-2H3,(H,24,27). The number of nitrogens with one attached hydrogen (secondary N) is 1. The summed E-state index contributed by atoms with van der Waals surface area (Å²) in [4.78, 5) is 35.7. The third-order valence-corrected chi connectivity index (χ3v) is 3.87. The van der Waals surface area contributed by atoms with Crippen molar-refractivity contribution in [3.05, 3.63) is 65.2 Å². The van der Waals surface area contributed by atoms with Gasteiger partial charge in [-0.3, -0.25) is 14.4 Å². The molecule has 0 bridgehead atoms. The first kappa shape index (κ1) is 21.1. The van der Waals surface area contributed by atoms with Crippen molar-refractivity contribution < 1.29 is 32.3 Å². The predicted molar refractivity (Wildman–Crippen MR) is 95.8 cm³/mol. The van der Waals surface area contributed by atoms with E-state index < -0.39 is 29.7 Å². The molecule has 1 unspecified atom stereocenters. The van der Waals surface area contributed by atoms with E-state index in [0.29, 0.717) is 16.8 Å². The topological polar surface area (TPSA) is 72.5 Å². The van der Waals surface area contributed by atoms with Gasteiger partial charge in [0.05, 0.1) is 17.7 Å². The fourth-order valence-corrected chi connectivity index (χ4v) is 2.40. The van der Waals surface area contributed by atoms with Crippen LogP contribution in [0.3, 0.4) is 0 Å². The summed E-state index contributed by atoms with van der Waals surface area (Å²) in [6, 6.07) is 10.5. The number of esters is 1. The number of alkyl halides is 3. The summed E-state index contributed by atoms with van der Waals surface area (Å²) >= 11 is 0. The molecule has 0 aliphatic heterocycles. The minimum atomic E-state index is -4.46. The van der Waals surface area contributed by atoms with Crippen LogP contribution in [-0.4, -0.2) is 23.8 Å². The molecule has 0 fully saturated rings. The Bertz CT molecular complexity index is 876. The lowest BCUT2D eigenvalue weighted by molar-refractivity contribution is -0.152. The lowest BCUT2D eigenvalue weighted by atomic mass is 10.1. The SMILES string of the molecule is CC(=O)c1ccccc1NC(=O)C(C)OC(=O)Cc1ccc(C(F)(F)F)cc1. The molecule has 0 radical (unpaired) electrons. The second-order valence-electron chi connectivity index (χ2n) is 6.09. The van der Waals surface area contributed by atoms with E-state index in [1.54, 1.807) is 24.3 Å². The molecule has 0 heterocycles. The van der Waals surface area contributed by atoms with Gasteiger partial charge in [0.15, 0.2) is 11.9 Å². The predicted octanol–water partition coefficient (Wildman–Crippen LogP) is 4.02. The molecular formula is C20H18F3NO4. The first-order valence-corrected chi connectivity index (χ1v) is 8.34. The number of ether oxygens (including phenoxy) is 1. The van der Waals surface area contributed by atoms with Crippen molar-refractivity contribution in [2.45, 2.75) is 32.5 Å². The Balaban J connectivity index is 1.95. The monoisotopic (exact) mass is 393 g/mol. The van der Waals surface area contributed by atoms with Crippen molar-refractivity contribution in [2.75, 3.05) is 5.32 Å². The maximum atomic E-state index is 12.5. The fourth-order valence-electron chi connectivity index (χ4n) is 2.40. The van der Waals surface area contributed by atoms with Crippen molar-refractivity contribution in [3.63, 3.8) is 0 Å². The van der Waals surface area contributed by atoms with Gasteiger partial charge in [-0.1, -0.05) is 24.3 Å². The average molecular weight is 393 g/mol. The summed E-state index contributed by atoms with van der Waals surface area (Å²) in [5.74, 6) is -1.63. The lowest BCUT2D eigenvalue weighted by Crippen LogP contribution is -2.31. The summed E-state index contributed by atoms with van der Waals surface area (Å²) in [7, 11) is 0. The first-order chi connectivity index (χ1) is 13.1. The van der Waals surface area contributed by atoms with Gasteiger partial charge in [-0.2, -0.15) is 13.2 Å². The van der Waals surface area contributed by atoms with Gasteiger partial charge in [0, 0.05) is 5.56 Å². The Morgan fingerprint density at radius 2 is 1.64 bits per heavy atom. The molecule has 2 aromatic rings. The van der Waals surface area contributed by atoms with E-state index in [0.717, 1.165) is 12.1 Å². The van der Waals surface area contributed by atoms with E-state index in [-0.39, 0.29) is 12.2 Å². The van der Waals surface area contributed by atoms with Gasteiger partial charge in [-0.15, -0.1) is 0 Å². The van der Waals surface area contributed by atoms with Crippen LogP contribution in [0.2, 0.25) is 0 Å². The smallest absolute Gasteiger partial charge is 0.416 e. The number of ketones is 1. The van der Waals surface area contributed by atoms with Gasteiger partial charge in [0.2, 0.25) is 0 Å². The molecule has 0 aliphatic carbocycles. The molecule has 0 aromatic heterocycles. The number of para-hydroxylation sites is 1. The Labute approximate surface area is 159 Å². The molecule has 1 N–H and O–H groups in total. The van der Waals surface area contributed by atoms with E-state index in [4.69, 9.17) is 4.74 Å². The van der Waals surface area contributed by atoms with E-state index in [1.807, 2.05) is 0 Å². The largest absolute Gasteiger partial charge is 0.452 e. The molecule has 5 nitrogen and oxygen atoms in total. The number of carbonyl (C=O) groups is 3. The number of carbonyl (C=O) groups excluding carboxylic acids is 3. The highest BCUT2D eigenvalue weighted by Crippen LogP contribution is 2.29. The number of benzene rings is 2. The van der Waals surface area contributed by atoms with E-state index >= 15 is 0 Å². The van der Waals surface area contributed by atoms with Gasteiger partial charge in [0.1, 0.15) is 0 Å². The maximum absolute atomic E-state index is 12.5. The maximum Gasteiger partial charge on any atom is 0.416 e. The van der Waals surface area contributed by atoms with E-state index in [2.05, 4.69) is 5.32 Å². The van der Waals surface area contributed by atoms with Crippen LogP contribution in [0.25, 0.3) is 0 Å². The number of anilines is 1. The average Bonchev–Trinajstić information content (AvgIpc) is 2.61. The lowest BCUT2D eigenvalue weighted by Gasteiger charge is -2.15. The van der Waals surface area contributed by atoms with Crippen LogP contribution in [0.5, 0.6) is 0 Å². The molecule has 28 heavy (non-hydrogen) atoms. The Hall–Kier alpha value is -3.16.